The Balaban J connectivity index is 2.59. The highest BCUT2D eigenvalue weighted by molar-refractivity contribution is 7.10. The first kappa shape index (κ1) is 16.7. The second kappa shape index (κ2) is 7.41. The first-order chi connectivity index (χ1) is 8.84. The average Bonchev–Trinajstić information content (AvgIpc) is 2.84. The summed E-state index contributed by atoms with van der Waals surface area (Å²) in [5, 5.41) is 2.13. The van der Waals surface area contributed by atoms with E-state index in [-0.39, 0.29) is 11.5 Å². The Morgan fingerprint density at radius 3 is 2.53 bits per heavy atom. The molecule has 0 N–H and O–H groups in total. The van der Waals surface area contributed by atoms with Crippen LogP contribution in [0.4, 0.5) is 0 Å². The highest BCUT2D eigenvalue weighted by Gasteiger charge is 2.29. The van der Waals surface area contributed by atoms with E-state index in [2.05, 4.69) is 64.1 Å². The van der Waals surface area contributed by atoms with E-state index in [0.29, 0.717) is 6.10 Å². The summed E-state index contributed by atoms with van der Waals surface area (Å²) in [7, 11) is 2.16. The summed E-state index contributed by atoms with van der Waals surface area (Å²) in [6.45, 7) is 13.3. The first-order valence-electron chi connectivity index (χ1n) is 7.22. The maximum atomic E-state index is 6.34. The van der Waals surface area contributed by atoms with Crippen molar-refractivity contribution in [3.63, 3.8) is 0 Å². The zero-order valence-corrected chi connectivity index (χ0v) is 14.1. The van der Waals surface area contributed by atoms with Gasteiger partial charge in [0.05, 0.1) is 12.2 Å². The fourth-order valence-electron chi connectivity index (χ4n) is 2.00. The molecule has 0 aliphatic rings. The van der Waals surface area contributed by atoms with E-state index in [1.165, 1.54) is 4.88 Å². The number of hydrogen-bond acceptors (Lipinski definition) is 3. The van der Waals surface area contributed by atoms with Crippen LogP contribution in [0, 0.1) is 5.41 Å². The Morgan fingerprint density at radius 1 is 1.37 bits per heavy atom. The second-order valence-corrected chi connectivity index (χ2v) is 7.37. The van der Waals surface area contributed by atoms with Crippen LogP contribution in [0.25, 0.3) is 0 Å². The van der Waals surface area contributed by atoms with Gasteiger partial charge >= 0.3 is 0 Å². The Hall–Kier alpha value is -0.380. The largest absolute Gasteiger partial charge is 0.369 e. The summed E-state index contributed by atoms with van der Waals surface area (Å²) >= 11 is 1.79. The molecule has 0 bridgehead atoms. The van der Waals surface area contributed by atoms with Crippen molar-refractivity contribution in [3.05, 3.63) is 22.4 Å². The van der Waals surface area contributed by atoms with Gasteiger partial charge in [-0.3, -0.25) is 0 Å². The molecule has 1 aromatic rings. The molecule has 0 aliphatic carbocycles. The van der Waals surface area contributed by atoms with Crippen molar-refractivity contribution in [2.75, 3.05) is 20.1 Å². The zero-order valence-electron chi connectivity index (χ0n) is 13.3. The maximum Gasteiger partial charge on any atom is 0.0968 e. The average molecular weight is 283 g/mol. The predicted octanol–water partition coefficient (Wildman–Crippen LogP) is 4.58. The Bertz CT molecular complexity index is 342. The van der Waals surface area contributed by atoms with Gasteiger partial charge in [0.25, 0.3) is 0 Å². The van der Waals surface area contributed by atoms with Crippen molar-refractivity contribution in [1.82, 2.24) is 4.90 Å². The van der Waals surface area contributed by atoms with Gasteiger partial charge in [-0.25, -0.2) is 0 Å². The minimum Gasteiger partial charge on any atom is -0.369 e. The molecule has 0 fully saturated rings. The third kappa shape index (κ3) is 5.64. The van der Waals surface area contributed by atoms with Gasteiger partial charge in [-0.1, -0.05) is 33.8 Å². The zero-order chi connectivity index (χ0) is 14.5. The molecule has 0 spiro atoms. The van der Waals surface area contributed by atoms with Crippen molar-refractivity contribution < 1.29 is 4.74 Å². The topological polar surface area (TPSA) is 12.5 Å². The summed E-state index contributed by atoms with van der Waals surface area (Å²) in [5.41, 5.74) is 0.135. The first-order valence-corrected chi connectivity index (χ1v) is 8.10. The number of thiophene rings is 1. The molecule has 19 heavy (non-hydrogen) atoms. The number of ether oxygens (including phenoxy) is 1. The molecule has 0 saturated heterocycles. The Kier molecular flexibility index (Phi) is 6.51. The molecule has 2 nitrogen and oxygen atoms in total. The maximum absolute atomic E-state index is 6.34. The molecule has 3 heteroatoms. The molecule has 1 aromatic heterocycles. The van der Waals surface area contributed by atoms with Crippen LogP contribution < -0.4 is 0 Å². The molecule has 0 amide bonds. The van der Waals surface area contributed by atoms with E-state index in [4.69, 9.17) is 4.74 Å². The van der Waals surface area contributed by atoms with E-state index in [1.807, 2.05) is 0 Å². The van der Waals surface area contributed by atoms with Gasteiger partial charge in [-0.05, 0) is 43.8 Å². The van der Waals surface area contributed by atoms with Crippen molar-refractivity contribution in [2.24, 2.45) is 5.41 Å². The van der Waals surface area contributed by atoms with E-state index in [1.54, 1.807) is 11.3 Å². The molecule has 1 rings (SSSR count). The third-order valence-corrected chi connectivity index (χ3v) is 4.33. The quantitative estimate of drug-likeness (QED) is 0.726. The van der Waals surface area contributed by atoms with Crippen LogP contribution in [0.2, 0.25) is 0 Å². The summed E-state index contributed by atoms with van der Waals surface area (Å²) in [6, 6.07) is 4.29. The van der Waals surface area contributed by atoms with Gasteiger partial charge in [0.2, 0.25) is 0 Å². The molecule has 2 unspecified atom stereocenters. The van der Waals surface area contributed by atoms with Gasteiger partial charge in [0.1, 0.15) is 0 Å². The van der Waals surface area contributed by atoms with Crippen molar-refractivity contribution in [2.45, 2.75) is 53.2 Å². The lowest BCUT2D eigenvalue weighted by Gasteiger charge is -2.33. The van der Waals surface area contributed by atoms with Crippen LogP contribution in [0.5, 0.6) is 0 Å². The summed E-state index contributed by atoms with van der Waals surface area (Å²) in [4.78, 5) is 3.67. The van der Waals surface area contributed by atoms with Crippen LogP contribution in [-0.2, 0) is 4.74 Å². The summed E-state index contributed by atoms with van der Waals surface area (Å²) < 4.78 is 6.34. The van der Waals surface area contributed by atoms with Crippen LogP contribution in [0.3, 0.4) is 0 Å². The lowest BCUT2D eigenvalue weighted by molar-refractivity contribution is -0.0642. The van der Waals surface area contributed by atoms with Crippen LogP contribution in [-0.4, -0.2) is 31.1 Å². The van der Waals surface area contributed by atoms with Crippen molar-refractivity contribution >= 4 is 11.3 Å². The summed E-state index contributed by atoms with van der Waals surface area (Å²) in [5.74, 6) is 0. The van der Waals surface area contributed by atoms with Gasteiger partial charge in [-0.2, -0.15) is 0 Å². The predicted molar refractivity (Wildman–Crippen MR) is 84.9 cm³/mol. The van der Waals surface area contributed by atoms with E-state index in [9.17, 15) is 0 Å². The number of nitrogens with zero attached hydrogens (tertiary/aromatic N) is 1. The van der Waals surface area contributed by atoms with E-state index >= 15 is 0 Å². The van der Waals surface area contributed by atoms with Gasteiger partial charge in [0, 0.05) is 11.4 Å². The van der Waals surface area contributed by atoms with Crippen LogP contribution >= 0.6 is 11.3 Å². The molecule has 1 heterocycles. The molecular weight excluding hydrogens is 254 g/mol. The Morgan fingerprint density at radius 2 is 2.05 bits per heavy atom. The molecular formula is C16H29NOS. The highest BCUT2D eigenvalue weighted by atomic mass is 32.1. The smallest absolute Gasteiger partial charge is 0.0968 e. The fraction of sp³-hybridized carbons (Fsp3) is 0.750. The lowest BCUT2D eigenvalue weighted by atomic mass is 9.88. The second-order valence-electron chi connectivity index (χ2n) is 6.39. The van der Waals surface area contributed by atoms with E-state index in [0.717, 1.165) is 19.5 Å². The molecule has 0 radical (unpaired) electrons. The third-order valence-electron chi connectivity index (χ3n) is 3.41. The molecule has 110 valence electrons. The van der Waals surface area contributed by atoms with Crippen molar-refractivity contribution in [1.29, 1.82) is 0 Å². The fourth-order valence-corrected chi connectivity index (χ4v) is 3.00. The normalized spacial score (nSPS) is 15.7. The van der Waals surface area contributed by atoms with Gasteiger partial charge in [-0.15, -0.1) is 11.3 Å². The minimum absolute atomic E-state index is 0.135. The van der Waals surface area contributed by atoms with Gasteiger partial charge < -0.3 is 9.64 Å². The van der Waals surface area contributed by atoms with Crippen molar-refractivity contribution in [3.8, 4) is 0 Å². The molecule has 0 aromatic carbocycles. The van der Waals surface area contributed by atoms with E-state index < -0.39 is 0 Å². The highest BCUT2D eigenvalue weighted by Crippen LogP contribution is 2.39. The standard InChI is InChI=1S/C16H29NOS/c1-7-17(6)11-10-13(2)18-15(16(3,4)5)14-9-8-12-19-14/h8-9,12-13,15H,7,10-11H2,1-6H3. The minimum atomic E-state index is 0.135. The Labute approximate surface area is 122 Å². The van der Waals surface area contributed by atoms with Crippen LogP contribution in [0.15, 0.2) is 17.5 Å². The van der Waals surface area contributed by atoms with Gasteiger partial charge in [0.15, 0.2) is 0 Å². The summed E-state index contributed by atoms with van der Waals surface area (Å²) in [6.07, 6.45) is 1.57. The molecule has 0 saturated carbocycles. The molecule has 2 atom stereocenters. The monoisotopic (exact) mass is 283 g/mol. The van der Waals surface area contributed by atoms with Crippen LogP contribution in [0.1, 0.15) is 52.0 Å². The number of hydrogen-bond donors (Lipinski definition) is 0. The lowest BCUT2D eigenvalue weighted by Crippen LogP contribution is -2.28. The SMILES string of the molecule is CCN(C)CCC(C)OC(c1cccs1)C(C)(C)C. The molecule has 0 aliphatic heterocycles. The number of rotatable bonds is 7.